The van der Waals surface area contributed by atoms with Crippen molar-refractivity contribution in [1.82, 2.24) is 19.9 Å². The fraction of sp³-hybridized carbons (Fsp3) is 0.235. The van der Waals surface area contributed by atoms with Crippen LogP contribution in [0.4, 0.5) is 0 Å². The molecule has 3 aromatic heterocycles. The molecule has 3 aromatic rings. The predicted molar refractivity (Wildman–Crippen MR) is 92.4 cm³/mol. The molecule has 5 nitrogen and oxygen atoms in total. The fourth-order valence-corrected chi connectivity index (χ4v) is 3.35. The number of thiazole rings is 1. The molecule has 0 aliphatic heterocycles. The van der Waals surface area contributed by atoms with Gasteiger partial charge in [-0.05, 0) is 43.3 Å². The molecule has 0 saturated heterocycles. The topological polar surface area (TPSA) is 61.9 Å². The van der Waals surface area contributed by atoms with Crippen LogP contribution >= 0.6 is 11.3 Å². The second-order valence-electron chi connectivity index (χ2n) is 5.39. The number of H-pyrrole nitrogens is 1. The first-order valence-corrected chi connectivity index (χ1v) is 8.24. The zero-order valence-electron chi connectivity index (χ0n) is 12.9. The summed E-state index contributed by atoms with van der Waals surface area (Å²) in [5, 5.41) is 0. The van der Waals surface area contributed by atoms with Crippen LogP contribution in [0.1, 0.15) is 10.4 Å². The molecule has 0 aromatic carbocycles. The molecule has 0 radical (unpaired) electrons. The van der Waals surface area contributed by atoms with Gasteiger partial charge in [-0.15, -0.1) is 0 Å². The summed E-state index contributed by atoms with van der Waals surface area (Å²) in [7, 11) is 2.07. The van der Waals surface area contributed by atoms with E-state index in [0.29, 0.717) is 0 Å². The van der Waals surface area contributed by atoms with Gasteiger partial charge in [0, 0.05) is 48.3 Å². The van der Waals surface area contributed by atoms with Crippen LogP contribution in [0.2, 0.25) is 0 Å². The predicted octanol–water partition coefficient (Wildman–Crippen LogP) is 2.57. The number of pyridine rings is 2. The Hall–Kier alpha value is -2.31. The quantitative estimate of drug-likeness (QED) is 0.756. The Balaban J connectivity index is 1.69. The van der Waals surface area contributed by atoms with Crippen molar-refractivity contribution in [2.75, 3.05) is 13.6 Å². The summed E-state index contributed by atoms with van der Waals surface area (Å²) < 4.78 is 0. The second kappa shape index (κ2) is 7.30. The lowest BCUT2D eigenvalue weighted by molar-refractivity contribution is 0.334. The molecule has 0 aliphatic carbocycles. The van der Waals surface area contributed by atoms with Gasteiger partial charge in [0.15, 0.2) is 0 Å². The van der Waals surface area contributed by atoms with E-state index in [9.17, 15) is 4.79 Å². The summed E-state index contributed by atoms with van der Waals surface area (Å²) in [5.41, 5.74) is 3.16. The van der Waals surface area contributed by atoms with Gasteiger partial charge in [0.1, 0.15) is 0 Å². The number of aromatic amines is 1. The maximum Gasteiger partial charge on any atom is 0.305 e. The SMILES string of the molecule is CN(CCc1ccncc1)Cc1sc(=O)[nH]c1-c1ccncc1. The van der Waals surface area contributed by atoms with Crippen molar-refractivity contribution in [1.29, 1.82) is 0 Å². The van der Waals surface area contributed by atoms with E-state index in [2.05, 4.69) is 26.9 Å². The summed E-state index contributed by atoms with van der Waals surface area (Å²) in [6.07, 6.45) is 8.07. The van der Waals surface area contributed by atoms with Gasteiger partial charge >= 0.3 is 4.87 Å². The van der Waals surface area contributed by atoms with Gasteiger partial charge in [0.25, 0.3) is 0 Å². The number of rotatable bonds is 6. The molecule has 0 bridgehead atoms. The number of nitrogens with zero attached hydrogens (tertiary/aromatic N) is 3. The van der Waals surface area contributed by atoms with Crippen LogP contribution in [-0.4, -0.2) is 33.4 Å². The molecular formula is C17H18N4OS. The number of likely N-dealkylation sites (N-methyl/N-ethyl adjacent to an activating group) is 1. The molecule has 6 heteroatoms. The fourth-order valence-electron chi connectivity index (χ4n) is 2.42. The maximum atomic E-state index is 11.8. The third kappa shape index (κ3) is 4.12. The first-order valence-electron chi connectivity index (χ1n) is 7.42. The third-order valence-electron chi connectivity index (χ3n) is 3.64. The van der Waals surface area contributed by atoms with E-state index in [1.807, 2.05) is 36.7 Å². The normalized spacial score (nSPS) is 11.0. The van der Waals surface area contributed by atoms with Crippen LogP contribution in [0, 0.1) is 0 Å². The highest BCUT2D eigenvalue weighted by Crippen LogP contribution is 2.23. The largest absolute Gasteiger partial charge is 0.312 e. The van der Waals surface area contributed by atoms with E-state index in [0.717, 1.165) is 35.6 Å². The van der Waals surface area contributed by atoms with Crippen molar-refractivity contribution < 1.29 is 0 Å². The Labute approximate surface area is 138 Å². The van der Waals surface area contributed by atoms with Crippen LogP contribution in [0.3, 0.4) is 0 Å². The first kappa shape index (κ1) is 15.6. The minimum atomic E-state index is -0.0191. The molecule has 3 heterocycles. The lowest BCUT2D eigenvalue weighted by Gasteiger charge is -2.16. The van der Waals surface area contributed by atoms with Crippen molar-refractivity contribution in [3.05, 3.63) is 69.2 Å². The summed E-state index contributed by atoms with van der Waals surface area (Å²) in [4.78, 5) is 26.0. The van der Waals surface area contributed by atoms with Crippen molar-refractivity contribution in [2.45, 2.75) is 13.0 Å². The molecular weight excluding hydrogens is 308 g/mol. The lowest BCUT2D eigenvalue weighted by Crippen LogP contribution is -2.20. The standard InChI is InChI=1S/C17H18N4OS/c1-21(11-6-13-2-7-18-8-3-13)12-15-16(20-17(22)23-15)14-4-9-19-10-5-14/h2-5,7-10H,6,11-12H2,1H3,(H,20,22). The van der Waals surface area contributed by atoms with E-state index >= 15 is 0 Å². The van der Waals surface area contributed by atoms with E-state index in [1.54, 1.807) is 12.4 Å². The number of nitrogens with one attached hydrogen (secondary N) is 1. The third-order valence-corrected chi connectivity index (χ3v) is 4.50. The minimum Gasteiger partial charge on any atom is -0.312 e. The number of hydrogen-bond donors (Lipinski definition) is 1. The molecule has 3 rings (SSSR count). The molecule has 0 spiro atoms. The Bertz CT molecular complexity index is 798. The first-order chi connectivity index (χ1) is 11.2. The summed E-state index contributed by atoms with van der Waals surface area (Å²) in [6, 6.07) is 7.90. The average molecular weight is 326 g/mol. The van der Waals surface area contributed by atoms with E-state index in [1.165, 1.54) is 16.9 Å². The summed E-state index contributed by atoms with van der Waals surface area (Å²) in [5.74, 6) is 0. The van der Waals surface area contributed by atoms with E-state index in [-0.39, 0.29) is 4.87 Å². The molecule has 0 atom stereocenters. The zero-order chi connectivity index (χ0) is 16.1. The van der Waals surface area contributed by atoms with Gasteiger partial charge in [-0.1, -0.05) is 11.3 Å². The molecule has 0 aliphatic rings. The van der Waals surface area contributed by atoms with Crippen LogP contribution in [0.5, 0.6) is 0 Å². The smallest absolute Gasteiger partial charge is 0.305 e. The van der Waals surface area contributed by atoms with Gasteiger partial charge < -0.3 is 9.88 Å². The summed E-state index contributed by atoms with van der Waals surface area (Å²) in [6.45, 7) is 1.66. The molecule has 0 fully saturated rings. The highest BCUT2D eigenvalue weighted by Gasteiger charge is 2.12. The minimum absolute atomic E-state index is 0.0191. The Morgan fingerprint density at radius 3 is 2.43 bits per heavy atom. The van der Waals surface area contributed by atoms with Crippen molar-refractivity contribution >= 4 is 11.3 Å². The van der Waals surface area contributed by atoms with E-state index < -0.39 is 0 Å². The van der Waals surface area contributed by atoms with E-state index in [4.69, 9.17) is 0 Å². The second-order valence-corrected chi connectivity index (χ2v) is 6.46. The Morgan fingerprint density at radius 2 is 1.74 bits per heavy atom. The van der Waals surface area contributed by atoms with Crippen molar-refractivity contribution in [2.24, 2.45) is 0 Å². The van der Waals surface area contributed by atoms with Crippen LogP contribution < -0.4 is 4.87 Å². The lowest BCUT2D eigenvalue weighted by atomic mass is 10.1. The molecule has 0 saturated carbocycles. The summed E-state index contributed by atoms with van der Waals surface area (Å²) >= 11 is 1.28. The van der Waals surface area contributed by atoms with Gasteiger partial charge in [-0.2, -0.15) is 0 Å². The van der Waals surface area contributed by atoms with Crippen LogP contribution in [0.15, 0.2) is 53.8 Å². The zero-order valence-corrected chi connectivity index (χ0v) is 13.7. The Kier molecular flexibility index (Phi) is 4.95. The molecule has 118 valence electrons. The van der Waals surface area contributed by atoms with Crippen molar-refractivity contribution in [3.8, 4) is 11.3 Å². The Morgan fingerprint density at radius 1 is 1.09 bits per heavy atom. The number of hydrogen-bond acceptors (Lipinski definition) is 5. The maximum absolute atomic E-state index is 11.8. The van der Waals surface area contributed by atoms with Gasteiger partial charge in [0.2, 0.25) is 0 Å². The van der Waals surface area contributed by atoms with Crippen LogP contribution in [0.25, 0.3) is 11.3 Å². The molecule has 1 N–H and O–H groups in total. The molecule has 0 unspecified atom stereocenters. The van der Waals surface area contributed by atoms with Crippen molar-refractivity contribution in [3.63, 3.8) is 0 Å². The van der Waals surface area contributed by atoms with Crippen LogP contribution in [-0.2, 0) is 13.0 Å². The number of aromatic nitrogens is 3. The van der Waals surface area contributed by atoms with Gasteiger partial charge in [-0.3, -0.25) is 14.8 Å². The molecule has 0 amide bonds. The van der Waals surface area contributed by atoms with Gasteiger partial charge in [0.05, 0.1) is 5.69 Å². The van der Waals surface area contributed by atoms with Gasteiger partial charge in [-0.25, -0.2) is 0 Å². The molecule has 23 heavy (non-hydrogen) atoms. The monoisotopic (exact) mass is 326 g/mol. The highest BCUT2D eigenvalue weighted by atomic mass is 32.1. The average Bonchev–Trinajstić information content (AvgIpc) is 2.95. The highest BCUT2D eigenvalue weighted by molar-refractivity contribution is 7.09.